The minimum Gasteiger partial charge on any atom is -0.493 e. The number of anilines is 1. The zero-order valence-electron chi connectivity index (χ0n) is 27.4. The Kier molecular flexibility index (Phi) is 10.5. The number of methoxy groups -OCH3 is 1. The Hall–Kier alpha value is -4.12. The smallest absolute Gasteiger partial charge is 0.308 e. The number of likely N-dealkylation sites (tertiary alicyclic amines) is 1. The maximum atomic E-state index is 14.5. The van der Waals surface area contributed by atoms with Gasteiger partial charge < -0.3 is 28.8 Å². The van der Waals surface area contributed by atoms with Crippen LogP contribution in [-0.4, -0.2) is 70.5 Å². The van der Waals surface area contributed by atoms with Crippen LogP contribution in [0.4, 0.5) is 10.1 Å². The molecule has 2 aliphatic heterocycles. The van der Waals surface area contributed by atoms with E-state index in [1.165, 1.54) is 6.07 Å². The summed E-state index contributed by atoms with van der Waals surface area (Å²) >= 11 is 0. The van der Waals surface area contributed by atoms with Crippen molar-refractivity contribution in [3.8, 4) is 17.2 Å². The third-order valence-electron chi connectivity index (χ3n) is 9.36. The van der Waals surface area contributed by atoms with Crippen LogP contribution in [0, 0.1) is 18.7 Å². The average molecular weight is 637 g/mol. The van der Waals surface area contributed by atoms with E-state index in [1.807, 2.05) is 39.7 Å². The lowest BCUT2D eigenvalue weighted by atomic mass is 9.83. The van der Waals surface area contributed by atoms with E-state index in [-0.39, 0.29) is 31.1 Å². The summed E-state index contributed by atoms with van der Waals surface area (Å²) in [5.41, 5.74) is 1.89. The molecule has 11 heteroatoms. The highest BCUT2D eigenvalue weighted by Gasteiger charge is 2.48. The number of carboxylic acids is 1. The number of nitrogens with zero attached hydrogens (tertiary/aromatic N) is 4. The van der Waals surface area contributed by atoms with Crippen molar-refractivity contribution in [2.24, 2.45) is 13.0 Å². The fourth-order valence-electron chi connectivity index (χ4n) is 7.12. The fourth-order valence-corrected chi connectivity index (χ4v) is 7.12. The minimum absolute atomic E-state index is 0.0214. The van der Waals surface area contributed by atoms with E-state index in [0.717, 1.165) is 37.1 Å². The zero-order valence-corrected chi connectivity index (χ0v) is 27.4. The molecule has 0 spiro atoms. The molecule has 3 atom stereocenters. The molecule has 0 aliphatic carbocycles. The van der Waals surface area contributed by atoms with Gasteiger partial charge in [-0.05, 0) is 67.6 Å². The molecule has 0 bridgehead atoms. The van der Waals surface area contributed by atoms with Crippen LogP contribution in [0.25, 0.3) is 0 Å². The van der Waals surface area contributed by atoms with Crippen LogP contribution in [0.2, 0.25) is 0 Å². The number of ether oxygens (including phenoxy) is 3. The van der Waals surface area contributed by atoms with Gasteiger partial charge in [-0.15, -0.1) is 0 Å². The quantitative estimate of drug-likeness (QED) is 0.240. The Bertz CT molecular complexity index is 1540. The van der Waals surface area contributed by atoms with E-state index in [9.17, 15) is 19.1 Å². The van der Waals surface area contributed by atoms with E-state index in [2.05, 4.69) is 18.8 Å². The number of aryl methyl sites for hydroxylation is 3. The highest BCUT2D eigenvalue weighted by molar-refractivity contribution is 5.95. The third-order valence-corrected chi connectivity index (χ3v) is 9.36. The first kappa shape index (κ1) is 33.2. The van der Waals surface area contributed by atoms with Crippen LogP contribution in [0.15, 0.2) is 42.7 Å². The summed E-state index contributed by atoms with van der Waals surface area (Å²) in [6, 6.07) is 7.95. The standard InChI is InChI=1S/C35H45FN4O6/c1-6-8-24(9-7-2)40(25-10-11-27(36)22(3)16-25)32(41)20-39-19-26(23-17-29(44-5)34-30(18-23)45-21-46-34)33(35(42)43)28(39)12-13-31-37-14-15-38(31)4/h10-11,14-18,24,26,28,33H,6-9,12-13,19-21H2,1-5H3,(H,42,43)/t26-,28+,33?/m1/s1. The number of carboxylic acid groups (broad SMARTS) is 1. The SMILES string of the molecule is CCCC(CCC)N(C(=O)CN1C[C@H](c2cc(OC)c3c(c2)OCO3)C(C(=O)O)[C@@H]1CCc1nccn1C)c1ccc(F)c(C)c1. The number of carbonyl (C=O) groups is 2. The first-order valence-electron chi connectivity index (χ1n) is 16.2. The molecule has 0 saturated carbocycles. The first-order chi connectivity index (χ1) is 22.2. The predicted molar refractivity (Wildman–Crippen MR) is 172 cm³/mol. The molecule has 2 aliphatic rings. The Morgan fingerprint density at radius 3 is 2.57 bits per heavy atom. The van der Waals surface area contributed by atoms with Crippen molar-refractivity contribution < 1.29 is 33.3 Å². The van der Waals surface area contributed by atoms with Crippen molar-refractivity contribution >= 4 is 17.6 Å². The molecule has 46 heavy (non-hydrogen) atoms. The lowest BCUT2D eigenvalue weighted by Crippen LogP contribution is -2.48. The molecule has 1 N–H and O–H groups in total. The monoisotopic (exact) mass is 636 g/mol. The first-order valence-corrected chi connectivity index (χ1v) is 16.2. The van der Waals surface area contributed by atoms with E-state index < -0.39 is 23.8 Å². The Morgan fingerprint density at radius 2 is 1.93 bits per heavy atom. The molecule has 3 heterocycles. The normalized spacial score (nSPS) is 19.2. The highest BCUT2D eigenvalue weighted by atomic mass is 19.1. The van der Waals surface area contributed by atoms with Crippen molar-refractivity contribution in [1.29, 1.82) is 0 Å². The van der Waals surface area contributed by atoms with Crippen molar-refractivity contribution in [2.75, 3.05) is 31.9 Å². The van der Waals surface area contributed by atoms with Crippen LogP contribution in [0.5, 0.6) is 17.2 Å². The summed E-state index contributed by atoms with van der Waals surface area (Å²) in [7, 11) is 3.46. The summed E-state index contributed by atoms with van der Waals surface area (Å²) in [6.07, 6.45) is 8.02. The molecule has 1 unspecified atom stereocenters. The topological polar surface area (TPSA) is 106 Å². The van der Waals surface area contributed by atoms with Gasteiger partial charge in [0.05, 0.1) is 19.6 Å². The van der Waals surface area contributed by atoms with E-state index in [4.69, 9.17) is 14.2 Å². The molecular weight excluding hydrogens is 591 g/mol. The number of aromatic nitrogens is 2. The second-order valence-corrected chi connectivity index (χ2v) is 12.3. The number of halogens is 1. The number of imidazole rings is 1. The van der Waals surface area contributed by atoms with Crippen LogP contribution in [-0.2, 0) is 23.1 Å². The van der Waals surface area contributed by atoms with Gasteiger partial charge in [0.15, 0.2) is 11.5 Å². The van der Waals surface area contributed by atoms with Gasteiger partial charge in [-0.3, -0.25) is 14.5 Å². The lowest BCUT2D eigenvalue weighted by molar-refractivity contribution is -0.143. The van der Waals surface area contributed by atoms with Crippen molar-refractivity contribution in [3.63, 3.8) is 0 Å². The summed E-state index contributed by atoms with van der Waals surface area (Å²) in [4.78, 5) is 35.8. The molecule has 10 nitrogen and oxygen atoms in total. The number of fused-ring (bicyclic) bond motifs is 1. The fraction of sp³-hybridized carbons (Fsp3) is 0.514. The number of aliphatic carboxylic acids is 1. The Labute approximate surface area is 270 Å². The van der Waals surface area contributed by atoms with Gasteiger partial charge in [-0.1, -0.05) is 26.7 Å². The van der Waals surface area contributed by atoms with Crippen LogP contribution in [0.1, 0.15) is 68.8 Å². The molecular formula is C35H45FN4O6. The molecule has 248 valence electrons. The van der Waals surface area contributed by atoms with Crippen LogP contribution in [0.3, 0.4) is 0 Å². The van der Waals surface area contributed by atoms with Gasteiger partial charge in [0.25, 0.3) is 0 Å². The third kappa shape index (κ3) is 6.84. The number of rotatable bonds is 14. The summed E-state index contributed by atoms with van der Waals surface area (Å²) < 4.78 is 33.1. The summed E-state index contributed by atoms with van der Waals surface area (Å²) in [5, 5.41) is 10.7. The van der Waals surface area contributed by atoms with Gasteiger partial charge >= 0.3 is 5.97 Å². The molecule has 2 aromatic carbocycles. The molecule has 1 amide bonds. The van der Waals surface area contributed by atoms with Crippen LogP contribution < -0.4 is 19.1 Å². The molecule has 3 aromatic rings. The van der Waals surface area contributed by atoms with Gasteiger partial charge in [0.1, 0.15) is 11.6 Å². The van der Waals surface area contributed by atoms with Gasteiger partial charge in [-0.25, -0.2) is 9.37 Å². The second kappa shape index (κ2) is 14.5. The Balaban J connectivity index is 1.52. The van der Waals surface area contributed by atoms with Crippen molar-refractivity contribution in [2.45, 2.75) is 77.3 Å². The number of amides is 1. The van der Waals surface area contributed by atoms with Crippen molar-refractivity contribution in [3.05, 3.63) is 65.5 Å². The van der Waals surface area contributed by atoms with Gasteiger partial charge in [0.2, 0.25) is 18.4 Å². The molecule has 0 radical (unpaired) electrons. The lowest BCUT2D eigenvalue weighted by Gasteiger charge is -2.35. The largest absolute Gasteiger partial charge is 0.493 e. The molecule has 5 rings (SSSR count). The minimum atomic E-state index is -0.928. The Morgan fingerprint density at radius 1 is 1.17 bits per heavy atom. The van der Waals surface area contributed by atoms with Crippen LogP contribution >= 0.6 is 0 Å². The summed E-state index contributed by atoms with van der Waals surface area (Å²) in [5.74, 6) is -0.291. The molecule has 1 aromatic heterocycles. The van der Waals surface area contributed by atoms with Gasteiger partial charge in [0, 0.05) is 56.1 Å². The maximum absolute atomic E-state index is 14.5. The molecule has 1 saturated heterocycles. The average Bonchev–Trinajstić information content (AvgIpc) is 3.76. The summed E-state index contributed by atoms with van der Waals surface area (Å²) in [6.45, 7) is 6.32. The van der Waals surface area contributed by atoms with Crippen molar-refractivity contribution in [1.82, 2.24) is 14.5 Å². The highest BCUT2D eigenvalue weighted by Crippen LogP contribution is 2.47. The van der Waals surface area contributed by atoms with E-state index >= 15 is 0 Å². The second-order valence-electron chi connectivity index (χ2n) is 12.3. The molecule has 1 fully saturated rings. The van der Waals surface area contributed by atoms with E-state index in [1.54, 1.807) is 32.4 Å². The number of carbonyl (C=O) groups excluding carboxylic acids is 1. The maximum Gasteiger partial charge on any atom is 0.308 e. The number of hydrogen-bond donors (Lipinski definition) is 1. The zero-order chi connectivity index (χ0) is 33.0. The number of hydrogen-bond acceptors (Lipinski definition) is 7. The van der Waals surface area contributed by atoms with Gasteiger partial charge in [-0.2, -0.15) is 0 Å². The van der Waals surface area contributed by atoms with E-state index in [0.29, 0.717) is 47.9 Å². The predicted octanol–water partition coefficient (Wildman–Crippen LogP) is 5.71. The number of benzene rings is 2.